The van der Waals surface area contributed by atoms with Crippen LogP contribution in [0.15, 0.2) is 41.8 Å². The van der Waals surface area contributed by atoms with E-state index in [9.17, 15) is 14.9 Å². The van der Waals surface area contributed by atoms with Gasteiger partial charge in [-0.05, 0) is 37.0 Å². The molecule has 7 nitrogen and oxygen atoms in total. The second-order valence-corrected chi connectivity index (χ2v) is 7.98. The van der Waals surface area contributed by atoms with Crippen LogP contribution in [-0.2, 0) is 0 Å². The number of amides is 1. The molecule has 28 heavy (non-hydrogen) atoms. The minimum Gasteiger partial charge on any atom is -0.348 e. The maximum atomic E-state index is 12.7. The number of rotatable bonds is 7. The van der Waals surface area contributed by atoms with Crippen molar-refractivity contribution >= 4 is 22.9 Å². The first kappa shape index (κ1) is 20.4. The Morgan fingerprint density at radius 2 is 1.89 bits per heavy atom. The van der Waals surface area contributed by atoms with Gasteiger partial charge in [-0.25, -0.2) is 0 Å². The Kier molecular flexibility index (Phi) is 6.77. The van der Waals surface area contributed by atoms with Gasteiger partial charge in [-0.1, -0.05) is 13.0 Å². The van der Waals surface area contributed by atoms with E-state index in [4.69, 9.17) is 0 Å². The molecule has 1 fully saturated rings. The fourth-order valence-corrected chi connectivity index (χ4v) is 4.63. The lowest BCUT2D eigenvalue weighted by Gasteiger charge is -2.41. The van der Waals surface area contributed by atoms with Crippen LogP contribution in [0.3, 0.4) is 0 Å². The van der Waals surface area contributed by atoms with Crippen molar-refractivity contribution in [3.05, 3.63) is 62.3 Å². The molecule has 1 saturated heterocycles. The molecule has 1 aliphatic rings. The second-order valence-electron chi connectivity index (χ2n) is 7.00. The number of non-ortho nitro benzene ring substituents is 1. The van der Waals surface area contributed by atoms with E-state index in [0.29, 0.717) is 5.56 Å². The fraction of sp³-hybridized carbons (Fsp3) is 0.450. The number of nitro groups is 1. The number of nitro benzene ring substituents is 1. The molecule has 0 unspecified atom stereocenters. The van der Waals surface area contributed by atoms with Crippen molar-refractivity contribution in [1.82, 2.24) is 15.1 Å². The van der Waals surface area contributed by atoms with Crippen LogP contribution in [0, 0.1) is 10.1 Å². The highest BCUT2D eigenvalue weighted by Crippen LogP contribution is 2.29. The van der Waals surface area contributed by atoms with Crippen molar-refractivity contribution in [2.24, 2.45) is 0 Å². The number of nitrogens with one attached hydrogen (secondary N) is 1. The van der Waals surface area contributed by atoms with Gasteiger partial charge in [0.05, 0.1) is 11.0 Å². The molecule has 3 rings (SSSR count). The van der Waals surface area contributed by atoms with Crippen molar-refractivity contribution in [3.8, 4) is 0 Å². The van der Waals surface area contributed by atoms with Crippen molar-refractivity contribution in [3.63, 3.8) is 0 Å². The van der Waals surface area contributed by atoms with Crippen LogP contribution in [0.1, 0.15) is 35.1 Å². The molecule has 8 heteroatoms. The van der Waals surface area contributed by atoms with Gasteiger partial charge in [-0.15, -0.1) is 11.3 Å². The standard InChI is InChI=1S/C20H26N4O3S/c1-3-22-10-12-23(13-11-22)19(18-5-4-14-28-18)15(2)21-20(25)16-6-8-17(9-7-16)24(26)27/h4-9,14-15,19H,3,10-13H2,1-2H3,(H,21,25)/t15-,19-/m0/s1. The maximum Gasteiger partial charge on any atom is 0.269 e. The van der Waals surface area contributed by atoms with Crippen molar-refractivity contribution in [2.45, 2.75) is 25.9 Å². The number of benzene rings is 1. The molecule has 1 N–H and O–H groups in total. The molecule has 0 radical (unpaired) electrons. The minimum atomic E-state index is -0.465. The smallest absolute Gasteiger partial charge is 0.269 e. The van der Waals surface area contributed by atoms with E-state index in [1.54, 1.807) is 11.3 Å². The summed E-state index contributed by atoms with van der Waals surface area (Å²) in [5.74, 6) is -0.212. The lowest BCUT2D eigenvalue weighted by Crippen LogP contribution is -2.52. The zero-order valence-electron chi connectivity index (χ0n) is 16.2. The highest BCUT2D eigenvalue weighted by atomic mass is 32.1. The molecule has 1 aromatic carbocycles. The van der Waals surface area contributed by atoms with Crippen molar-refractivity contribution < 1.29 is 9.72 Å². The predicted molar refractivity (Wildman–Crippen MR) is 111 cm³/mol. The summed E-state index contributed by atoms with van der Waals surface area (Å²) in [6.07, 6.45) is 0. The normalized spacial score (nSPS) is 17.8. The largest absolute Gasteiger partial charge is 0.348 e. The monoisotopic (exact) mass is 402 g/mol. The van der Waals surface area contributed by atoms with E-state index in [1.807, 2.05) is 13.0 Å². The molecule has 2 aromatic rings. The zero-order valence-corrected chi connectivity index (χ0v) is 17.0. The molecule has 2 heterocycles. The van der Waals surface area contributed by atoms with E-state index in [-0.39, 0.29) is 23.7 Å². The highest BCUT2D eigenvalue weighted by Gasteiger charge is 2.30. The summed E-state index contributed by atoms with van der Waals surface area (Å²) in [5.41, 5.74) is 0.410. The van der Waals surface area contributed by atoms with Gasteiger partial charge >= 0.3 is 0 Å². The molecular formula is C20H26N4O3S. The first-order valence-corrected chi connectivity index (χ1v) is 10.4. The molecule has 1 amide bonds. The molecule has 0 bridgehead atoms. The Labute approximate surface area is 169 Å². The van der Waals surface area contributed by atoms with Gasteiger partial charge in [0, 0.05) is 54.8 Å². The maximum absolute atomic E-state index is 12.7. The minimum absolute atomic E-state index is 0.0187. The number of carbonyl (C=O) groups is 1. The molecule has 2 atom stereocenters. The summed E-state index contributed by atoms with van der Waals surface area (Å²) in [6.45, 7) is 9.26. The zero-order chi connectivity index (χ0) is 20.1. The number of piperazine rings is 1. The third-order valence-electron chi connectivity index (χ3n) is 5.25. The lowest BCUT2D eigenvalue weighted by atomic mass is 10.0. The van der Waals surface area contributed by atoms with Crippen LogP contribution < -0.4 is 5.32 Å². The topological polar surface area (TPSA) is 78.7 Å². The Morgan fingerprint density at radius 3 is 2.43 bits per heavy atom. The first-order valence-electron chi connectivity index (χ1n) is 9.54. The predicted octanol–water partition coefficient (Wildman–Crippen LogP) is 3.15. The lowest BCUT2D eigenvalue weighted by molar-refractivity contribution is -0.384. The van der Waals surface area contributed by atoms with Gasteiger partial charge in [-0.2, -0.15) is 0 Å². The van der Waals surface area contributed by atoms with E-state index in [1.165, 1.54) is 29.1 Å². The van der Waals surface area contributed by atoms with Crippen LogP contribution in [0.2, 0.25) is 0 Å². The van der Waals surface area contributed by atoms with E-state index < -0.39 is 4.92 Å². The summed E-state index contributed by atoms with van der Waals surface area (Å²) in [5, 5.41) is 16.0. The van der Waals surface area contributed by atoms with Crippen LogP contribution >= 0.6 is 11.3 Å². The number of nitrogens with zero attached hydrogens (tertiary/aromatic N) is 3. The Morgan fingerprint density at radius 1 is 1.21 bits per heavy atom. The number of hydrogen-bond donors (Lipinski definition) is 1. The van der Waals surface area contributed by atoms with Crippen LogP contribution in [0.4, 0.5) is 5.69 Å². The second kappa shape index (κ2) is 9.27. The quantitative estimate of drug-likeness (QED) is 0.569. The van der Waals surface area contributed by atoms with Gasteiger partial charge in [0.15, 0.2) is 0 Å². The van der Waals surface area contributed by atoms with Gasteiger partial charge < -0.3 is 10.2 Å². The number of thiophene rings is 1. The van der Waals surface area contributed by atoms with E-state index >= 15 is 0 Å². The Bertz CT molecular complexity index is 786. The van der Waals surface area contributed by atoms with Gasteiger partial charge in [0.25, 0.3) is 11.6 Å². The van der Waals surface area contributed by atoms with Crippen molar-refractivity contribution in [2.75, 3.05) is 32.7 Å². The Hall–Kier alpha value is -2.29. The van der Waals surface area contributed by atoms with Crippen LogP contribution in [0.25, 0.3) is 0 Å². The summed E-state index contributed by atoms with van der Waals surface area (Å²) in [6, 6.07) is 9.91. The number of carbonyl (C=O) groups excluding carboxylic acids is 1. The molecule has 1 aliphatic heterocycles. The van der Waals surface area contributed by atoms with Crippen LogP contribution in [0.5, 0.6) is 0 Å². The Balaban J connectivity index is 1.71. The summed E-state index contributed by atoms with van der Waals surface area (Å²) < 4.78 is 0. The summed E-state index contributed by atoms with van der Waals surface area (Å²) >= 11 is 1.71. The average molecular weight is 403 g/mol. The van der Waals surface area contributed by atoms with E-state index in [2.05, 4.69) is 33.5 Å². The molecule has 0 saturated carbocycles. The van der Waals surface area contributed by atoms with Gasteiger partial charge in [0.2, 0.25) is 0 Å². The van der Waals surface area contributed by atoms with Gasteiger partial charge in [0.1, 0.15) is 0 Å². The third-order valence-corrected chi connectivity index (χ3v) is 6.20. The summed E-state index contributed by atoms with van der Waals surface area (Å²) in [7, 11) is 0. The molecule has 0 spiro atoms. The molecule has 1 aromatic heterocycles. The molecule has 0 aliphatic carbocycles. The summed E-state index contributed by atoms with van der Waals surface area (Å²) in [4.78, 5) is 29.1. The van der Waals surface area contributed by atoms with Crippen molar-refractivity contribution in [1.29, 1.82) is 0 Å². The average Bonchev–Trinajstić information content (AvgIpc) is 3.23. The van der Waals surface area contributed by atoms with Crippen LogP contribution in [-0.4, -0.2) is 59.4 Å². The fourth-order valence-electron chi connectivity index (χ4n) is 3.66. The first-order chi connectivity index (χ1) is 13.5. The molecular weight excluding hydrogens is 376 g/mol. The SMILES string of the molecule is CCN1CCN([C@H](c2cccs2)[C@H](C)NC(=O)c2ccc([N+](=O)[O-])cc2)CC1. The van der Waals surface area contributed by atoms with Gasteiger partial charge in [-0.3, -0.25) is 19.8 Å². The van der Waals surface area contributed by atoms with E-state index in [0.717, 1.165) is 32.7 Å². The number of likely N-dealkylation sites (N-methyl/N-ethyl adjacent to an activating group) is 1. The number of hydrogen-bond acceptors (Lipinski definition) is 6. The molecule has 150 valence electrons. The highest BCUT2D eigenvalue weighted by molar-refractivity contribution is 7.10. The third kappa shape index (κ3) is 4.76.